The number of aliphatic hydroxyl groups is 2. The first-order valence-electron chi connectivity index (χ1n) is 10.8. The van der Waals surface area contributed by atoms with Crippen molar-refractivity contribution in [2.24, 2.45) is 0 Å². The number of phenolic OH excluding ortho intramolecular Hbond substituents is 1. The fourth-order valence-corrected chi connectivity index (χ4v) is 3.16. The van der Waals surface area contributed by atoms with Crippen LogP contribution in [-0.4, -0.2) is 53.3 Å². The highest BCUT2D eigenvalue weighted by Crippen LogP contribution is 2.22. The molecule has 0 bridgehead atoms. The van der Waals surface area contributed by atoms with Gasteiger partial charge in [-0.25, -0.2) is 0 Å². The molecule has 0 aliphatic rings. The van der Waals surface area contributed by atoms with E-state index in [-0.39, 0.29) is 18.1 Å². The number of unbranched alkanes of at least 4 members (excludes halogenated alkanes) is 3. The molecule has 172 valence electrons. The normalized spacial score (nSPS) is 12.2. The molecule has 0 spiro atoms. The van der Waals surface area contributed by atoms with Gasteiger partial charge in [-0.2, -0.15) is 0 Å². The first-order chi connectivity index (χ1) is 15.1. The van der Waals surface area contributed by atoms with Crippen molar-refractivity contribution in [3.8, 4) is 11.5 Å². The molecule has 31 heavy (non-hydrogen) atoms. The maximum Gasteiger partial charge on any atom is 0.121 e. The Bertz CT molecular complexity index is 755. The molecule has 2 aromatic carbocycles. The minimum Gasteiger partial charge on any atom is -0.508 e. The third-order valence-corrected chi connectivity index (χ3v) is 4.94. The topological polar surface area (TPSA) is 111 Å². The first-order valence-corrected chi connectivity index (χ1v) is 10.8. The number of aromatic hydroxyl groups is 2. The molecule has 2 aromatic rings. The minimum atomic E-state index is -0.672. The summed E-state index contributed by atoms with van der Waals surface area (Å²) in [6, 6.07) is 11.8. The first kappa shape index (κ1) is 25.1. The molecule has 0 aromatic heterocycles. The van der Waals surface area contributed by atoms with Crippen molar-refractivity contribution in [3.05, 3.63) is 59.2 Å². The van der Waals surface area contributed by atoms with E-state index in [2.05, 4.69) is 5.32 Å². The molecule has 7 nitrogen and oxygen atoms in total. The molecule has 0 unspecified atom stereocenters. The number of hydrogen-bond acceptors (Lipinski definition) is 7. The maximum atomic E-state index is 10.2. The second kappa shape index (κ2) is 14.8. The standard InChI is InChI=1S/C24H35NO6/c26-17-21-15-20(8-9-23(21)28)24(29)16-25-10-3-1-2-4-11-30-12-13-31-18-19-6-5-7-22(27)14-19/h5-9,14-15,24-29H,1-4,10-13,16-18H2/t24-/m0/s1. The summed E-state index contributed by atoms with van der Waals surface area (Å²) in [5, 5.41) is 41.6. The van der Waals surface area contributed by atoms with Gasteiger partial charge in [0.1, 0.15) is 11.5 Å². The van der Waals surface area contributed by atoms with Crippen molar-refractivity contribution in [2.75, 3.05) is 32.9 Å². The molecule has 0 aliphatic heterocycles. The second-order valence-electron chi connectivity index (χ2n) is 7.52. The number of hydrogen-bond donors (Lipinski definition) is 5. The summed E-state index contributed by atoms with van der Waals surface area (Å²) in [7, 11) is 0. The van der Waals surface area contributed by atoms with E-state index < -0.39 is 6.10 Å². The Balaban J connectivity index is 1.39. The Hall–Kier alpha value is -2.16. The summed E-state index contributed by atoms with van der Waals surface area (Å²) in [4.78, 5) is 0. The van der Waals surface area contributed by atoms with Crippen molar-refractivity contribution < 1.29 is 29.9 Å². The summed E-state index contributed by atoms with van der Waals surface area (Å²) in [5.41, 5.74) is 2.04. The van der Waals surface area contributed by atoms with Crippen molar-refractivity contribution in [3.63, 3.8) is 0 Å². The lowest BCUT2D eigenvalue weighted by molar-refractivity contribution is 0.0392. The monoisotopic (exact) mass is 433 g/mol. The van der Waals surface area contributed by atoms with Crippen molar-refractivity contribution in [1.82, 2.24) is 5.32 Å². The van der Waals surface area contributed by atoms with E-state index in [0.717, 1.165) is 44.4 Å². The predicted octanol–water partition coefficient (Wildman–Crippen LogP) is 3.01. The Morgan fingerprint density at radius 1 is 0.871 bits per heavy atom. The van der Waals surface area contributed by atoms with Crippen LogP contribution in [0, 0.1) is 0 Å². The number of phenols is 2. The van der Waals surface area contributed by atoms with Gasteiger partial charge in [-0.3, -0.25) is 0 Å². The third kappa shape index (κ3) is 10.1. The fraction of sp³-hybridized carbons (Fsp3) is 0.500. The van der Waals surface area contributed by atoms with Crippen LogP contribution in [0.15, 0.2) is 42.5 Å². The molecule has 0 aliphatic carbocycles. The van der Waals surface area contributed by atoms with Gasteiger partial charge in [-0.15, -0.1) is 0 Å². The molecular weight excluding hydrogens is 398 g/mol. The van der Waals surface area contributed by atoms with E-state index >= 15 is 0 Å². The van der Waals surface area contributed by atoms with E-state index in [9.17, 15) is 20.4 Å². The van der Waals surface area contributed by atoms with E-state index in [0.29, 0.717) is 37.5 Å². The lowest BCUT2D eigenvalue weighted by atomic mass is 10.1. The molecule has 0 fully saturated rings. The summed E-state index contributed by atoms with van der Waals surface area (Å²) >= 11 is 0. The average Bonchev–Trinajstić information content (AvgIpc) is 2.77. The van der Waals surface area contributed by atoms with Crippen LogP contribution in [0.2, 0.25) is 0 Å². The van der Waals surface area contributed by atoms with Crippen LogP contribution < -0.4 is 5.32 Å². The van der Waals surface area contributed by atoms with Gasteiger partial charge in [-0.1, -0.05) is 31.0 Å². The number of aliphatic hydroxyl groups excluding tert-OH is 2. The number of benzene rings is 2. The zero-order chi connectivity index (χ0) is 22.3. The Morgan fingerprint density at radius 3 is 2.48 bits per heavy atom. The third-order valence-electron chi connectivity index (χ3n) is 4.94. The zero-order valence-corrected chi connectivity index (χ0v) is 18.0. The van der Waals surface area contributed by atoms with Crippen molar-refractivity contribution in [2.45, 2.75) is 45.0 Å². The predicted molar refractivity (Wildman–Crippen MR) is 119 cm³/mol. The maximum absolute atomic E-state index is 10.2. The summed E-state index contributed by atoms with van der Waals surface area (Å²) in [6.45, 7) is 3.28. The quantitative estimate of drug-likeness (QED) is 0.259. The van der Waals surface area contributed by atoms with Crippen LogP contribution in [-0.2, 0) is 22.7 Å². The van der Waals surface area contributed by atoms with E-state index in [1.807, 2.05) is 6.07 Å². The zero-order valence-electron chi connectivity index (χ0n) is 18.0. The summed E-state index contributed by atoms with van der Waals surface area (Å²) < 4.78 is 11.1. The van der Waals surface area contributed by atoms with Crippen LogP contribution in [0.5, 0.6) is 11.5 Å². The molecule has 7 heteroatoms. The van der Waals surface area contributed by atoms with Crippen molar-refractivity contribution in [1.29, 1.82) is 0 Å². The van der Waals surface area contributed by atoms with Gasteiger partial charge < -0.3 is 35.2 Å². The van der Waals surface area contributed by atoms with Gasteiger partial charge in [0.25, 0.3) is 0 Å². The number of rotatable bonds is 16. The van der Waals surface area contributed by atoms with Gasteiger partial charge in [0.15, 0.2) is 0 Å². The van der Waals surface area contributed by atoms with Gasteiger partial charge in [0.05, 0.1) is 32.5 Å². The van der Waals surface area contributed by atoms with Crippen LogP contribution in [0.3, 0.4) is 0 Å². The summed E-state index contributed by atoms with van der Waals surface area (Å²) in [6.07, 6.45) is 3.54. The van der Waals surface area contributed by atoms with E-state index in [1.54, 1.807) is 30.3 Å². The molecule has 0 radical (unpaired) electrons. The molecule has 2 rings (SSSR count). The molecule has 0 amide bonds. The molecule has 0 heterocycles. The van der Waals surface area contributed by atoms with Crippen LogP contribution >= 0.6 is 0 Å². The van der Waals surface area contributed by atoms with E-state index in [1.165, 1.54) is 6.07 Å². The second-order valence-corrected chi connectivity index (χ2v) is 7.52. The highest BCUT2D eigenvalue weighted by atomic mass is 16.5. The molecule has 5 N–H and O–H groups in total. The Morgan fingerprint density at radius 2 is 1.68 bits per heavy atom. The number of nitrogens with one attached hydrogen (secondary N) is 1. The Kier molecular flexibility index (Phi) is 12.0. The molecular formula is C24H35NO6. The van der Waals surface area contributed by atoms with Gasteiger partial charge >= 0.3 is 0 Å². The van der Waals surface area contributed by atoms with Crippen molar-refractivity contribution >= 4 is 0 Å². The largest absolute Gasteiger partial charge is 0.508 e. The van der Waals surface area contributed by atoms with Gasteiger partial charge in [0.2, 0.25) is 0 Å². The smallest absolute Gasteiger partial charge is 0.121 e. The molecule has 0 saturated carbocycles. The SMILES string of the molecule is OCc1cc([C@@H](O)CNCCCCCCOCCOCc2cccc(O)c2)ccc1O. The van der Waals surface area contributed by atoms with Gasteiger partial charge in [-0.05, 0) is 54.8 Å². The Labute approximate surface area is 184 Å². The molecule has 0 saturated heterocycles. The highest BCUT2D eigenvalue weighted by molar-refractivity contribution is 5.36. The molecule has 1 atom stereocenters. The minimum absolute atomic E-state index is 0.0382. The van der Waals surface area contributed by atoms with Crippen LogP contribution in [0.25, 0.3) is 0 Å². The highest BCUT2D eigenvalue weighted by Gasteiger charge is 2.09. The lowest BCUT2D eigenvalue weighted by Crippen LogP contribution is -2.22. The lowest BCUT2D eigenvalue weighted by Gasteiger charge is -2.14. The van der Waals surface area contributed by atoms with E-state index in [4.69, 9.17) is 9.47 Å². The van der Waals surface area contributed by atoms with Crippen LogP contribution in [0.1, 0.15) is 48.5 Å². The fourth-order valence-electron chi connectivity index (χ4n) is 3.16. The average molecular weight is 434 g/mol. The summed E-state index contributed by atoms with van der Waals surface area (Å²) in [5.74, 6) is 0.286. The number of ether oxygens (including phenoxy) is 2. The van der Waals surface area contributed by atoms with Crippen LogP contribution in [0.4, 0.5) is 0 Å². The van der Waals surface area contributed by atoms with Gasteiger partial charge in [0, 0.05) is 18.7 Å².